The van der Waals surface area contributed by atoms with Gasteiger partial charge < -0.3 is 15.2 Å². The first kappa shape index (κ1) is 9.89. The fourth-order valence-electron chi connectivity index (χ4n) is 1.41. The van der Waals surface area contributed by atoms with Crippen molar-refractivity contribution < 1.29 is 14.2 Å². The summed E-state index contributed by atoms with van der Waals surface area (Å²) in [4.78, 5) is 0. The molecule has 4 atom stereocenters. The lowest BCUT2D eigenvalue weighted by molar-refractivity contribution is -0.140. The van der Waals surface area contributed by atoms with Crippen molar-refractivity contribution in [2.24, 2.45) is 0 Å². The molecule has 0 aromatic rings. The number of ether oxygens (including phenoxy) is 1. The van der Waals surface area contributed by atoms with Crippen LogP contribution in [0.1, 0.15) is 13.3 Å². The summed E-state index contributed by atoms with van der Waals surface area (Å²) < 4.78 is 18.2. The summed E-state index contributed by atoms with van der Waals surface area (Å²) in [6.07, 6.45) is -2.19. The molecule has 0 saturated carbocycles. The minimum atomic E-state index is -1.03. The van der Waals surface area contributed by atoms with Gasteiger partial charge in [-0.25, -0.2) is 4.39 Å². The van der Waals surface area contributed by atoms with Gasteiger partial charge in [-0.2, -0.15) is 0 Å². The number of halogens is 1. The zero-order valence-corrected chi connectivity index (χ0v) is 7.46. The standard InChI is InChI=1S/C8H16FNO2/c1-5-6(9)3-7(11)8(12-5)4-10-2/h5-8,10-11H,3-4H2,1-2H3/t5-,6-,7+,8-/m1/s1. The molecule has 1 rings (SSSR count). The van der Waals surface area contributed by atoms with E-state index in [0.717, 1.165) is 0 Å². The minimum Gasteiger partial charge on any atom is -0.390 e. The fraction of sp³-hybridized carbons (Fsp3) is 1.00. The van der Waals surface area contributed by atoms with Crippen LogP contribution in [0, 0.1) is 0 Å². The van der Waals surface area contributed by atoms with Crippen molar-refractivity contribution in [3.05, 3.63) is 0 Å². The maximum absolute atomic E-state index is 12.9. The molecule has 4 heteroatoms. The van der Waals surface area contributed by atoms with Crippen molar-refractivity contribution in [3.63, 3.8) is 0 Å². The summed E-state index contributed by atoms with van der Waals surface area (Å²) in [5.74, 6) is 0. The van der Waals surface area contributed by atoms with Crippen LogP contribution in [-0.4, -0.2) is 43.2 Å². The average Bonchev–Trinajstić information content (AvgIpc) is 2.01. The number of hydrogen-bond acceptors (Lipinski definition) is 3. The lowest BCUT2D eigenvalue weighted by Gasteiger charge is -2.34. The van der Waals surface area contributed by atoms with Gasteiger partial charge in [0.05, 0.1) is 18.3 Å². The normalized spacial score (nSPS) is 43.0. The van der Waals surface area contributed by atoms with E-state index in [9.17, 15) is 9.50 Å². The minimum absolute atomic E-state index is 0.188. The van der Waals surface area contributed by atoms with Crippen LogP contribution in [0.25, 0.3) is 0 Å². The Hall–Kier alpha value is -0.190. The van der Waals surface area contributed by atoms with Crippen molar-refractivity contribution in [3.8, 4) is 0 Å². The van der Waals surface area contributed by atoms with Gasteiger partial charge in [-0.1, -0.05) is 0 Å². The monoisotopic (exact) mass is 177 g/mol. The zero-order valence-electron chi connectivity index (χ0n) is 7.46. The van der Waals surface area contributed by atoms with E-state index in [0.29, 0.717) is 6.54 Å². The Morgan fingerprint density at radius 3 is 2.92 bits per heavy atom. The molecule has 0 aromatic carbocycles. The molecule has 1 heterocycles. The largest absolute Gasteiger partial charge is 0.390 e. The van der Waals surface area contributed by atoms with Crippen LogP contribution >= 0.6 is 0 Å². The maximum Gasteiger partial charge on any atom is 0.128 e. The maximum atomic E-state index is 12.9. The third-order valence-corrected chi connectivity index (χ3v) is 2.20. The van der Waals surface area contributed by atoms with Crippen LogP contribution < -0.4 is 5.32 Å². The Morgan fingerprint density at radius 1 is 1.67 bits per heavy atom. The molecule has 2 N–H and O–H groups in total. The quantitative estimate of drug-likeness (QED) is 0.627. The smallest absolute Gasteiger partial charge is 0.128 e. The van der Waals surface area contributed by atoms with Gasteiger partial charge in [0.1, 0.15) is 6.17 Å². The molecule has 0 aromatic heterocycles. The number of alkyl halides is 1. The Bertz CT molecular complexity index is 145. The predicted octanol–water partition coefficient (Wildman–Crippen LogP) is 0.0822. The molecule has 0 amide bonds. The summed E-state index contributed by atoms with van der Waals surface area (Å²) in [6.45, 7) is 2.26. The number of nitrogens with one attached hydrogen (secondary N) is 1. The van der Waals surface area contributed by atoms with E-state index in [1.165, 1.54) is 0 Å². The molecule has 1 fully saturated rings. The lowest BCUT2D eigenvalue weighted by atomic mass is 10.00. The highest BCUT2D eigenvalue weighted by molar-refractivity contribution is 4.83. The van der Waals surface area contributed by atoms with Gasteiger partial charge in [0.25, 0.3) is 0 Å². The second kappa shape index (κ2) is 4.16. The Balaban J connectivity index is 2.43. The molecule has 72 valence electrons. The summed E-state index contributed by atoms with van der Waals surface area (Å²) in [6, 6.07) is 0. The van der Waals surface area contributed by atoms with Crippen molar-refractivity contribution in [2.75, 3.05) is 13.6 Å². The fourth-order valence-corrected chi connectivity index (χ4v) is 1.41. The van der Waals surface area contributed by atoms with Crippen LogP contribution in [0.3, 0.4) is 0 Å². The van der Waals surface area contributed by atoms with Crippen molar-refractivity contribution >= 4 is 0 Å². The summed E-state index contributed by atoms with van der Waals surface area (Å²) in [5, 5.41) is 12.3. The first-order chi connectivity index (χ1) is 5.65. The number of aliphatic hydroxyl groups excluding tert-OH is 1. The van der Waals surface area contributed by atoms with Crippen molar-refractivity contribution in [1.82, 2.24) is 5.32 Å². The van der Waals surface area contributed by atoms with Gasteiger partial charge in [0.15, 0.2) is 0 Å². The van der Waals surface area contributed by atoms with E-state index in [4.69, 9.17) is 4.74 Å². The van der Waals surface area contributed by atoms with E-state index < -0.39 is 18.4 Å². The SMILES string of the molecule is CNC[C@H]1O[C@H](C)[C@H](F)C[C@@H]1O. The first-order valence-corrected chi connectivity index (χ1v) is 4.27. The second-order valence-electron chi connectivity index (χ2n) is 3.26. The van der Waals surface area contributed by atoms with Crippen LogP contribution in [0.2, 0.25) is 0 Å². The summed E-state index contributed by atoms with van der Waals surface area (Å²) in [5.41, 5.74) is 0. The van der Waals surface area contributed by atoms with Gasteiger partial charge in [-0.15, -0.1) is 0 Å². The van der Waals surface area contributed by atoms with Gasteiger partial charge in [-0.05, 0) is 14.0 Å². The van der Waals surface area contributed by atoms with E-state index in [1.54, 1.807) is 14.0 Å². The molecule has 0 bridgehead atoms. The van der Waals surface area contributed by atoms with Gasteiger partial charge in [0, 0.05) is 13.0 Å². The van der Waals surface area contributed by atoms with E-state index >= 15 is 0 Å². The molecule has 0 unspecified atom stereocenters. The van der Waals surface area contributed by atoms with Crippen LogP contribution in [0.15, 0.2) is 0 Å². The third-order valence-electron chi connectivity index (χ3n) is 2.20. The number of hydrogen-bond donors (Lipinski definition) is 2. The number of likely N-dealkylation sites (N-methyl/N-ethyl adjacent to an activating group) is 1. The molecule has 0 spiro atoms. The highest BCUT2D eigenvalue weighted by Gasteiger charge is 2.34. The zero-order chi connectivity index (χ0) is 9.14. The molecule has 3 nitrogen and oxygen atoms in total. The topological polar surface area (TPSA) is 41.5 Å². The summed E-state index contributed by atoms with van der Waals surface area (Å²) >= 11 is 0. The average molecular weight is 177 g/mol. The molecule has 0 aliphatic carbocycles. The molecule has 12 heavy (non-hydrogen) atoms. The van der Waals surface area contributed by atoms with Crippen molar-refractivity contribution in [1.29, 1.82) is 0 Å². The van der Waals surface area contributed by atoms with Crippen LogP contribution in [-0.2, 0) is 4.74 Å². The van der Waals surface area contributed by atoms with Crippen molar-refractivity contribution in [2.45, 2.75) is 37.8 Å². The number of rotatable bonds is 2. The molecule has 1 saturated heterocycles. The first-order valence-electron chi connectivity index (χ1n) is 4.27. The molecule has 1 aliphatic heterocycles. The van der Waals surface area contributed by atoms with Gasteiger partial charge >= 0.3 is 0 Å². The molecular formula is C8H16FNO2. The van der Waals surface area contributed by atoms with E-state index in [2.05, 4.69) is 5.32 Å². The van der Waals surface area contributed by atoms with E-state index in [-0.39, 0.29) is 12.5 Å². The summed E-state index contributed by atoms with van der Waals surface area (Å²) in [7, 11) is 1.78. The number of aliphatic hydroxyl groups is 1. The second-order valence-corrected chi connectivity index (χ2v) is 3.26. The third kappa shape index (κ3) is 2.15. The highest BCUT2D eigenvalue weighted by atomic mass is 19.1. The van der Waals surface area contributed by atoms with Crippen LogP contribution in [0.5, 0.6) is 0 Å². The van der Waals surface area contributed by atoms with E-state index in [1.807, 2.05) is 0 Å². The molecule has 0 radical (unpaired) electrons. The van der Waals surface area contributed by atoms with Crippen LogP contribution in [0.4, 0.5) is 4.39 Å². The Kier molecular flexibility index (Phi) is 3.43. The molecule has 1 aliphatic rings. The molecular weight excluding hydrogens is 161 g/mol. The lowest BCUT2D eigenvalue weighted by Crippen LogP contribution is -2.48. The highest BCUT2D eigenvalue weighted by Crippen LogP contribution is 2.21. The Labute approximate surface area is 71.9 Å². The predicted molar refractivity (Wildman–Crippen MR) is 43.8 cm³/mol. The Morgan fingerprint density at radius 2 is 2.33 bits per heavy atom. The van der Waals surface area contributed by atoms with Gasteiger partial charge in [0.2, 0.25) is 0 Å². The van der Waals surface area contributed by atoms with Gasteiger partial charge in [-0.3, -0.25) is 0 Å².